The SMILES string of the molecule is O=C(c1ccc(S(=O)(=O)c2ccccc2)s1)N1CCN(c2ccc(F)cc2)CC1. The van der Waals surface area contributed by atoms with E-state index in [0.717, 1.165) is 17.0 Å². The van der Waals surface area contributed by atoms with Gasteiger partial charge in [-0.25, -0.2) is 12.8 Å². The van der Waals surface area contributed by atoms with Gasteiger partial charge in [0.15, 0.2) is 0 Å². The van der Waals surface area contributed by atoms with Gasteiger partial charge in [-0.3, -0.25) is 4.79 Å². The van der Waals surface area contributed by atoms with Crippen molar-refractivity contribution in [3.8, 4) is 0 Å². The van der Waals surface area contributed by atoms with E-state index in [1.54, 1.807) is 53.4 Å². The molecule has 0 radical (unpaired) electrons. The lowest BCUT2D eigenvalue weighted by Gasteiger charge is -2.36. The summed E-state index contributed by atoms with van der Waals surface area (Å²) < 4.78 is 38.7. The first-order chi connectivity index (χ1) is 13.9. The second kappa shape index (κ2) is 7.96. The molecule has 1 aromatic heterocycles. The summed E-state index contributed by atoms with van der Waals surface area (Å²) in [5.41, 5.74) is 0.922. The molecule has 0 saturated carbocycles. The Bertz CT molecular complexity index is 1100. The highest BCUT2D eigenvalue weighted by Crippen LogP contribution is 2.29. The van der Waals surface area contributed by atoms with Crippen LogP contribution in [0, 0.1) is 5.82 Å². The maximum absolute atomic E-state index is 13.1. The lowest BCUT2D eigenvalue weighted by molar-refractivity contribution is 0.0751. The van der Waals surface area contributed by atoms with Gasteiger partial charge in [0.25, 0.3) is 5.91 Å². The first-order valence-corrected chi connectivity index (χ1v) is 11.4. The molecule has 0 unspecified atom stereocenters. The number of halogens is 1. The van der Waals surface area contributed by atoms with Crippen molar-refractivity contribution in [2.75, 3.05) is 31.1 Å². The molecular weight excluding hydrogens is 411 g/mol. The standard InChI is InChI=1S/C21H19FN2O3S2/c22-16-6-8-17(9-7-16)23-12-14-24(15-13-23)21(25)19-10-11-20(28-19)29(26,27)18-4-2-1-3-5-18/h1-11H,12-15H2. The van der Waals surface area contributed by atoms with Crippen molar-refractivity contribution in [1.82, 2.24) is 4.90 Å². The predicted molar refractivity (Wildman–Crippen MR) is 111 cm³/mol. The molecule has 5 nitrogen and oxygen atoms in total. The molecule has 4 rings (SSSR count). The van der Waals surface area contributed by atoms with Crippen LogP contribution in [-0.4, -0.2) is 45.4 Å². The molecule has 2 aromatic carbocycles. The van der Waals surface area contributed by atoms with Crippen LogP contribution in [0.15, 0.2) is 75.8 Å². The first kappa shape index (κ1) is 19.6. The molecule has 1 fully saturated rings. The van der Waals surface area contributed by atoms with Crippen LogP contribution in [0.1, 0.15) is 9.67 Å². The van der Waals surface area contributed by atoms with E-state index in [1.807, 2.05) is 0 Å². The van der Waals surface area contributed by atoms with Crippen molar-refractivity contribution in [3.05, 3.63) is 77.4 Å². The topological polar surface area (TPSA) is 57.7 Å². The highest BCUT2D eigenvalue weighted by atomic mass is 32.2. The molecule has 0 bridgehead atoms. The van der Waals surface area contributed by atoms with Crippen LogP contribution in [0.2, 0.25) is 0 Å². The number of thiophene rings is 1. The summed E-state index contributed by atoms with van der Waals surface area (Å²) in [7, 11) is -3.62. The van der Waals surface area contributed by atoms with Gasteiger partial charge in [0.05, 0.1) is 9.77 Å². The Labute approximate surface area is 172 Å². The van der Waals surface area contributed by atoms with Gasteiger partial charge in [-0.05, 0) is 48.5 Å². The number of hydrogen-bond donors (Lipinski definition) is 0. The monoisotopic (exact) mass is 430 g/mol. The zero-order valence-electron chi connectivity index (χ0n) is 15.5. The second-order valence-corrected chi connectivity index (χ2v) is 9.95. The van der Waals surface area contributed by atoms with Gasteiger partial charge >= 0.3 is 0 Å². The van der Waals surface area contributed by atoms with Crippen LogP contribution in [0.5, 0.6) is 0 Å². The van der Waals surface area contributed by atoms with Gasteiger partial charge in [-0.1, -0.05) is 18.2 Å². The summed E-state index contributed by atoms with van der Waals surface area (Å²) in [5.74, 6) is -0.440. The number of amides is 1. The molecule has 1 aliphatic heterocycles. The fourth-order valence-corrected chi connectivity index (χ4v) is 5.97. The maximum atomic E-state index is 13.1. The third-order valence-corrected chi connectivity index (χ3v) is 8.20. The minimum atomic E-state index is -3.62. The minimum absolute atomic E-state index is 0.164. The molecule has 1 saturated heterocycles. The Morgan fingerprint density at radius 1 is 0.862 bits per heavy atom. The largest absolute Gasteiger partial charge is 0.368 e. The second-order valence-electron chi connectivity index (χ2n) is 6.69. The van der Waals surface area contributed by atoms with Gasteiger partial charge in [0, 0.05) is 31.9 Å². The summed E-state index contributed by atoms with van der Waals surface area (Å²) in [6.45, 7) is 2.32. The lowest BCUT2D eigenvalue weighted by atomic mass is 10.2. The molecule has 1 aliphatic rings. The number of carbonyl (C=O) groups excluding carboxylic acids is 1. The number of nitrogens with zero attached hydrogens (tertiary/aromatic N) is 2. The Kier molecular flexibility index (Phi) is 5.38. The van der Waals surface area contributed by atoms with Crippen LogP contribution < -0.4 is 4.90 Å². The predicted octanol–water partition coefficient (Wildman–Crippen LogP) is 3.68. The first-order valence-electron chi connectivity index (χ1n) is 9.15. The molecule has 0 atom stereocenters. The number of carbonyl (C=O) groups is 1. The van der Waals surface area contributed by atoms with Crippen molar-refractivity contribution >= 4 is 32.8 Å². The molecule has 29 heavy (non-hydrogen) atoms. The fourth-order valence-electron chi connectivity index (χ4n) is 3.27. The number of hydrogen-bond acceptors (Lipinski definition) is 5. The van der Waals surface area contributed by atoms with Crippen LogP contribution in [0.3, 0.4) is 0 Å². The Hall–Kier alpha value is -2.71. The minimum Gasteiger partial charge on any atom is -0.368 e. The van der Waals surface area contributed by atoms with Crippen molar-refractivity contribution in [2.45, 2.75) is 9.10 Å². The Balaban J connectivity index is 1.44. The summed E-state index contributed by atoms with van der Waals surface area (Å²) in [4.78, 5) is 17.3. The molecule has 8 heteroatoms. The van der Waals surface area contributed by atoms with Crippen LogP contribution in [-0.2, 0) is 9.84 Å². The van der Waals surface area contributed by atoms with E-state index in [2.05, 4.69) is 4.90 Å². The van der Waals surface area contributed by atoms with Crippen molar-refractivity contribution in [1.29, 1.82) is 0 Å². The molecule has 1 amide bonds. The summed E-state index contributed by atoms with van der Waals surface area (Å²) in [6.07, 6.45) is 0. The zero-order valence-corrected chi connectivity index (χ0v) is 17.1. The Morgan fingerprint density at radius 3 is 2.17 bits per heavy atom. The van der Waals surface area contributed by atoms with E-state index in [9.17, 15) is 17.6 Å². The summed E-state index contributed by atoms with van der Waals surface area (Å²) in [6, 6.07) is 17.6. The summed E-state index contributed by atoms with van der Waals surface area (Å²) in [5, 5.41) is 0. The van der Waals surface area contributed by atoms with E-state index in [0.29, 0.717) is 31.1 Å². The van der Waals surface area contributed by atoms with Gasteiger partial charge in [-0.2, -0.15) is 0 Å². The van der Waals surface area contributed by atoms with Crippen LogP contribution >= 0.6 is 11.3 Å². The Morgan fingerprint density at radius 2 is 1.52 bits per heavy atom. The highest BCUT2D eigenvalue weighted by molar-refractivity contribution is 7.93. The van der Waals surface area contributed by atoms with Gasteiger partial charge in [0.1, 0.15) is 10.0 Å². The number of piperazine rings is 1. The number of anilines is 1. The van der Waals surface area contributed by atoms with E-state index in [-0.39, 0.29) is 20.8 Å². The van der Waals surface area contributed by atoms with Gasteiger partial charge in [0.2, 0.25) is 9.84 Å². The van der Waals surface area contributed by atoms with Crippen LogP contribution in [0.4, 0.5) is 10.1 Å². The smallest absolute Gasteiger partial charge is 0.264 e. The average molecular weight is 431 g/mol. The number of rotatable bonds is 4. The molecule has 0 N–H and O–H groups in total. The summed E-state index contributed by atoms with van der Waals surface area (Å²) >= 11 is 1.00. The molecule has 3 aromatic rings. The van der Waals surface area contributed by atoms with Crippen molar-refractivity contribution in [3.63, 3.8) is 0 Å². The molecular formula is C21H19FN2O3S2. The average Bonchev–Trinajstić information content (AvgIpc) is 3.26. The van der Waals surface area contributed by atoms with E-state index in [4.69, 9.17) is 0 Å². The molecule has 0 aliphatic carbocycles. The van der Waals surface area contributed by atoms with Crippen molar-refractivity contribution < 1.29 is 17.6 Å². The van der Waals surface area contributed by atoms with E-state index >= 15 is 0 Å². The fraction of sp³-hybridized carbons (Fsp3) is 0.190. The van der Waals surface area contributed by atoms with Gasteiger partial charge < -0.3 is 9.80 Å². The third kappa shape index (κ3) is 4.04. The number of sulfone groups is 1. The lowest BCUT2D eigenvalue weighted by Crippen LogP contribution is -2.48. The van der Waals surface area contributed by atoms with E-state index in [1.165, 1.54) is 18.2 Å². The highest BCUT2D eigenvalue weighted by Gasteiger charge is 2.26. The quantitative estimate of drug-likeness (QED) is 0.634. The molecule has 2 heterocycles. The van der Waals surface area contributed by atoms with E-state index < -0.39 is 9.84 Å². The normalized spacial score (nSPS) is 14.8. The van der Waals surface area contributed by atoms with Crippen LogP contribution in [0.25, 0.3) is 0 Å². The van der Waals surface area contributed by atoms with Crippen molar-refractivity contribution in [2.24, 2.45) is 0 Å². The third-order valence-electron chi connectivity index (χ3n) is 4.87. The maximum Gasteiger partial charge on any atom is 0.264 e. The zero-order chi connectivity index (χ0) is 20.4. The number of benzene rings is 2. The van der Waals surface area contributed by atoms with Gasteiger partial charge in [-0.15, -0.1) is 11.3 Å². The molecule has 150 valence electrons. The molecule has 0 spiro atoms.